The van der Waals surface area contributed by atoms with E-state index in [1.807, 2.05) is 0 Å². The molecule has 0 aromatic rings. The van der Waals surface area contributed by atoms with Gasteiger partial charge in [-0.2, -0.15) is 0 Å². The van der Waals surface area contributed by atoms with Gasteiger partial charge in [0.25, 0.3) is 0 Å². The van der Waals surface area contributed by atoms with Crippen LogP contribution in [0.1, 0.15) is 25.7 Å². The molecular weight excluding hydrogens is 246 g/mol. The number of carbonyl (C=O) groups excluding carboxylic acids is 2. The molecule has 3 N–H and O–H groups in total. The molecule has 102 valence electrons. The summed E-state index contributed by atoms with van der Waals surface area (Å²) in [6.45, 7) is 0. The molecule has 8 heteroatoms. The number of amides is 1. The molecule has 0 aromatic heterocycles. The van der Waals surface area contributed by atoms with E-state index in [4.69, 9.17) is 10.2 Å². The molecule has 0 saturated carbocycles. The van der Waals surface area contributed by atoms with Gasteiger partial charge in [-0.25, -0.2) is 4.79 Å². The van der Waals surface area contributed by atoms with Crippen LogP contribution >= 0.6 is 0 Å². The van der Waals surface area contributed by atoms with Crippen molar-refractivity contribution in [2.45, 2.75) is 31.7 Å². The second-order valence-electron chi connectivity index (χ2n) is 3.47. The fourth-order valence-electron chi connectivity index (χ4n) is 1.11. The Morgan fingerprint density at radius 3 is 2.17 bits per heavy atom. The highest BCUT2D eigenvalue weighted by atomic mass is 16.5. The lowest BCUT2D eigenvalue weighted by atomic mass is 10.1. The highest BCUT2D eigenvalue weighted by molar-refractivity contribution is 5.86. The van der Waals surface area contributed by atoms with Gasteiger partial charge in [0.1, 0.15) is 6.04 Å². The summed E-state index contributed by atoms with van der Waals surface area (Å²) in [6.07, 6.45) is -0.944. The summed E-state index contributed by atoms with van der Waals surface area (Å²) in [4.78, 5) is 43.1. The number of hydrogen-bond acceptors (Lipinski definition) is 5. The first-order valence-electron chi connectivity index (χ1n) is 5.17. The molecule has 1 atom stereocenters. The van der Waals surface area contributed by atoms with E-state index in [-0.39, 0.29) is 25.7 Å². The molecule has 0 aliphatic carbocycles. The van der Waals surface area contributed by atoms with Crippen LogP contribution in [0.4, 0.5) is 0 Å². The number of rotatable bonds is 8. The largest absolute Gasteiger partial charge is 0.481 e. The summed E-state index contributed by atoms with van der Waals surface area (Å²) in [6, 6.07) is -1.27. The third-order valence-corrected chi connectivity index (χ3v) is 2.06. The van der Waals surface area contributed by atoms with Gasteiger partial charge < -0.3 is 20.3 Å². The van der Waals surface area contributed by atoms with Crippen molar-refractivity contribution >= 4 is 23.8 Å². The van der Waals surface area contributed by atoms with E-state index in [0.29, 0.717) is 0 Å². The maximum absolute atomic E-state index is 11.3. The molecule has 0 bridgehead atoms. The monoisotopic (exact) mass is 261 g/mol. The minimum absolute atomic E-state index is 0.159. The van der Waals surface area contributed by atoms with E-state index in [9.17, 15) is 19.2 Å². The van der Waals surface area contributed by atoms with E-state index < -0.39 is 29.9 Å². The van der Waals surface area contributed by atoms with Gasteiger partial charge in [0.05, 0.1) is 13.5 Å². The average Bonchev–Trinajstić information content (AvgIpc) is 2.30. The zero-order valence-electron chi connectivity index (χ0n) is 9.84. The van der Waals surface area contributed by atoms with Crippen molar-refractivity contribution in [2.24, 2.45) is 0 Å². The van der Waals surface area contributed by atoms with Crippen LogP contribution in [0.3, 0.4) is 0 Å². The number of ether oxygens (including phenoxy) is 1. The van der Waals surface area contributed by atoms with Gasteiger partial charge in [0, 0.05) is 12.8 Å². The molecule has 0 saturated heterocycles. The number of carboxylic acid groups (broad SMARTS) is 2. The number of esters is 1. The van der Waals surface area contributed by atoms with Crippen LogP contribution in [-0.4, -0.2) is 47.2 Å². The topological polar surface area (TPSA) is 130 Å². The van der Waals surface area contributed by atoms with Gasteiger partial charge in [0.2, 0.25) is 5.91 Å². The molecule has 18 heavy (non-hydrogen) atoms. The van der Waals surface area contributed by atoms with Crippen LogP contribution < -0.4 is 5.32 Å². The molecule has 0 heterocycles. The molecule has 0 unspecified atom stereocenters. The van der Waals surface area contributed by atoms with Crippen molar-refractivity contribution in [2.75, 3.05) is 7.11 Å². The third kappa shape index (κ3) is 7.20. The molecule has 0 radical (unpaired) electrons. The molecule has 1 amide bonds. The summed E-state index contributed by atoms with van der Waals surface area (Å²) >= 11 is 0. The Balaban J connectivity index is 4.15. The van der Waals surface area contributed by atoms with Crippen molar-refractivity contribution in [3.05, 3.63) is 0 Å². The van der Waals surface area contributed by atoms with Gasteiger partial charge in [0.15, 0.2) is 0 Å². The molecular formula is C10H15NO7. The lowest BCUT2D eigenvalue weighted by molar-refractivity contribution is -0.143. The van der Waals surface area contributed by atoms with Crippen molar-refractivity contribution in [3.8, 4) is 0 Å². The van der Waals surface area contributed by atoms with E-state index >= 15 is 0 Å². The normalized spacial score (nSPS) is 11.4. The zero-order valence-corrected chi connectivity index (χ0v) is 9.84. The lowest BCUT2D eigenvalue weighted by Gasteiger charge is -2.13. The van der Waals surface area contributed by atoms with Crippen molar-refractivity contribution in [1.29, 1.82) is 0 Å². The summed E-state index contributed by atoms with van der Waals surface area (Å²) in [7, 11) is 1.17. The summed E-state index contributed by atoms with van der Waals surface area (Å²) in [5.41, 5.74) is 0. The number of methoxy groups -OCH3 is 1. The predicted octanol–water partition coefficient (Wildman–Crippen LogP) is -0.626. The van der Waals surface area contributed by atoms with Crippen LogP contribution in [0.25, 0.3) is 0 Å². The Morgan fingerprint density at radius 1 is 1.11 bits per heavy atom. The molecule has 8 nitrogen and oxygen atoms in total. The van der Waals surface area contributed by atoms with Gasteiger partial charge in [-0.05, 0) is 6.42 Å². The van der Waals surface area contributed by atoms with Gasteiger partial charge in [-0.15, -0.1) is 0 Å². The zero-order chi connectivity index (χ0) is 14.1. The minimum Gasteiger partial charge on any atom is -0.481 e. The van der Waals surface area contributed by atoms with Gasteiger partial charge in [-0.1, -0.05) is 0 Å². The fraction of sp³-hybridized carbons (Fsp3) is 0.600. The molecule has 0 aliphatic rings. The summed E-state index contributed by atoms with van der Waals surface area (Å²) < 4.78 is 4.32. The number of aliphatic carboxylic acids is 2. The Kier molecular flexibility index (Phi) is 7.10. The maximum Gasteiger partial charge on any atom is 0.326 e. The second-order valence-corrected chi connectivity index (χ2v) is 3.47. The predicted molar refractivity (Wildman–Crippen MR) is 57.7 cm³/mol. The number of carbonyl (C=O) groups is 4. The van der Waals surface area contributed by atoms with Crippen LogP contribution in [0, 0.1) is 0 Å². The first-order valence-corrected chi connectivity index (χ1v) is 5.17. The van der Waals surface area contributed by atoms with E-state index in [2.05, 4.69) is 10.1 Å². The first-order chi connectivity index (χ1) is 8.36. The Hall–Kier alpha value is -2.12. The van der Waals surface area contributed by atoms with E-state index in [1.165, 1.54) is 7.11 Å². The van der Waals surface area contributed by atoms with Crippen molar-refractivity contribution < 1.29 is 34.1 Å². The SMILES string of the molecule is COC(=O)CCC(=O)N[C@@H](CCC(=O)O)C(=O)O. The first kappa shape index (κ1) is 15.9. The number of nitrogens with one attached hydrogen (secondary N) is 1. The molecule has 0 fully saturated rings. The Labute approximate surface area is 103 Å². The van der Waals surface area contributed by atoms with Gasteiger partial charge in [-0.3, -0.25) is 14.4 Å². The highest BCUT2D eigenvalue weighted by Gasteiger charge is 2.21. The number of hydrogen-bond donors (Lipinski definition) is 3. The Bertz CT molecular complexity index is 339. The maximum atomic E-state index is 11.3. The Morgan fingerprint density at radius 2 is 1.72 bits per heavy atom. The van der Waals surface area contributed by atoms with Crippen molar-refractivity contribution in [3.63, 3.8) is 0 Å². The standard InChI is InChI=1S/C10H15NO7/c1-18-9(15)5-3-7(12)11-6(10(16)17)2-4-8(13)14/h6H,2-5H2,1H3,(H,11,12)(H,13,14)(H,16,17)/t6-/m0/s1. The quantitative estimate of drug-likeness (QED) is 0.496. The second kappa shape index (κ2) is 8.04. The third-order valence-electron chi connectivity index (χ3n) is 2.06. The van der Waals surface area contributed by atoms with E-state index in [1.54, 1.807) is 0 Å². The molecule has 0 aromatic carbocycles. The summed E-state index contributed by atoms with van der Waals surface area (Å²) in [5, 5.41) is 19.3. The highest BCUT2D eigenvalue weighted by Crippen LogP contribution is 2.00. The fourth-order valence-corrected chi connectivity index (χ4v) is 1.11. The van der Waals surface area contributed by atoms with Gasteiger partial charge >= 0.3 is 17.9 Å². The van der Waals surface area contributed by atoms with Crippen LogP contribution in [-0.2, 0) is 23.9 Å². The lowest BCUT2D eigenvalue weighted by Crippen LogP contribution is -2.41. The smallest absolute Gasteiger partial charge is 0.326 e. The molecule has 0 spiro atoms. The van der Waals surface area contributed by atoms with Crippen LogP contribution in [0.5, 0.6) is 0 Å². The van der Waals surface area contributed by atoms with E-state index in [0.717, 1.165) is 0 Å². The molecule has 0 aliphatic heterocycles. The minimum atomic E-state index is -1.32. The van der Waals surface area contributed by atoms with Crippen LogP contribution in [0.15, 0.2) is 0 Å². The number of carboxylic acids is 2. The molecule has 0 rings (SSSR count). The van der Waals surface area contributed by atoms with Crippen molar-refractivity contribution in [1.82, 2.24) is 5.32 Å². The van der Waals surface area contributed by atoms with Crippen LogP contribution in [0.2, 0.25) is 0 Å². The summed E-state index contributed by atoms with van der Waals surface area (Å²) in [5.74, 6) is -3.69. The average molecular weight is 261 g/mol.